The Morgan fingerprint density at radius 2 is 1.94 bits per heavy atom. The summed E-state index contributed by atoms with van der Waals surface area (Å²) in [4.78, 5) is 0. The van der Waals surface area contributed by atoms with Gasteiger partial charge in [-0.1, -0.05) is 49.7 Å². The minimum Gasteiger partial charge on any atom is -0.316 e. The molecule has 0 aliphatic rings. The maximum atomic E-state index is 5.81. The van der Waals surface area contributed by atoms with Crippen molar-refractivity contribution in [3.8, 4) is 0 Å². The van der Waals surface area contributed by atoms with Crippen molar-refractivity contribution in [1.29, 1.82) is 0 Å². The molecule has 2 heteroatoms. The second-order valence-electron chi connectivity index (χ2n) is 4.34. The zero-order chi connectivity index (χ0) is 11.8. The van der Waals surface area contributed by atoms with E-state index in [4.69, 9.17) is 11.6 Å². The van der Waals surface area contributed by atoms with Crippen molar-refractivity contribution in [3.63, 3.8) is 0 Å². The molecule has 1 aromatic carbocycles. The molecule has 16 heavy (non-hydrogen) atoms. The van der Waals surface area contributed by atoms with Crippen LogP contribution in [0.25, 0.3) is 6.08 Å². The molecule has 88 valence electrons. The summed E-state index contributed by atoms with van der Waals surface area (Å²) >= 11 is 5.81. The summed E-state index contributed by atoms with van der Waals surface area (Å²) in [6.07, 6.45) is 5.39. The highest BCUT2D eigenvalue weighted by molar-refractivity contribution is 6.30. The van der Waals surface area contributed by atoms with Crippen molar-refractivity contribution in [3.05, 3.63) is 40.9 Å². The van der Waals surface area contributed by atoms with Crippen molar-refractivity contribution in [2.75, 3.05) is 13.1 Å². The predicted octanol–water partition coefficient (Wildman–Crippen LogP) is 3.99. The van der Waals surface area contributed by atoms with Crippen LogP contribution in [-0.4, -0.2) is 13.1 Å². The van der Waals surface area contributed by atoms with Gasteiger partial charge in [-0.05, 0) is 43.1 Å². The molecule has 0 atom stereocenters. The largest absolute Gasteiger partial charge is 0.316 e. The second-order valence-corrected chi connectivity index (χ2v) is 4.78. The van der Waals surface area contributed by atoms with Gasteiger partial charge in [0.15, 0.2) is 0 Å². The Morgan fingerprint density at radius 1 is 1.25 bits per heavy atom. The van der Waals surface area contributed by atoms with Gasteiger partial charge in [-0.15, -0.1) is 0 Å². The van der Waals surface area contributed by atoms with E-state index in [9.17, 15) is 0 Å². The summed E-state index contributed by atoms with van der Waals surface area (Å²) < 4.78 is 0. The quantitative estimate of drug-likeness (QED) is 0.738. The van der Waals surface area contributed by atoms with Gasteiger partial charge in [0, 0.05) is 5.02 Å². The van der Waals surface area contributed by atoms with E-state index in [-0.39, 0.29) is 0 Å². The fourth-order valence-corrected chi connectivity index (χ4v) is 1.50. The smallest absolute Gasteiger partial charge is 0.0406 e. The van der Waals surface area contributed by atoms with Crippen LogP contribution < -0.4 is 5.32 Å². The van der Waals surface area contributed by atoms with Gasteiger partial charge in [-0.3, -0.25) is 0 Å². The molecule has 0 radical (unpaired) electrons. The lowest BCUT2D eigenvalue weighted by atomic mass is 10.2. The molecule has 0 aliphatic carbocycles. The standard InChI is InChI=1S/C14H20ClN/c1-12(2)11-16-10-4-3-5-13-6-8-14(15)9-7-13/h3,5-9,12,16H,4,10-11H2,1-2H3. The van der Waals surface area contributed by atoms with Gasteiger partial charge in [0.1, 0.15) is 0 Å². The van der Waals surface area contributed by atoms with E-state index in [0.717, 1.165) is 30.5 Å². The molecule has 0 spiro atoms. The van der Waals surface area contributed by atoms with Gasteiger partial charge in [0.2, 0.25) is 0 Å². The Labute approximate surface area is 104 Å². The fraction of sp³-hybridized carbons (Fsp3) is 0.429. The Hall–Kier alpha value is -0.790. The third kappa shape index (κ3) is 5.94. The Morgan fingerprint density at radius 3 is 2.56 bits per heavy atom. The third-order valence-corrected chi connectivity index (χ3v) is 2.47. The first-order valence-electron chi connectivity index (χ1n) is 5.81. The maximum Gasteiger partial charge on any atom is 0.0406 e. The predicted molar refractivity (Wildman–Crippen MR) is 72.8 cm³/mol. The normalized spacial score (nSPS) is 11.5. The average molecular weight is 238 g/mol. The zero-order valence-electron chi connectivity index (χ0n) is 10.0. The first-order chi connectivity index (χ1) is 7.68. The molecule has 0 heterocycles. The summed E-state index contributed by atoms with van der Waals surface area (Å²) in [7, 11) is 0. The topological polar surface area (TPSA) is 12.0 Å². The molecule has 1 rings (SSSR count). The van der Waals surface area contributed by atoms with Gasteiger partial charge in [-0.25, -0.2) is 0 Å². The van der Waals surface area contributed by atoms with Crippen LogP contribution in [0.4, 0.5) is 0 Å². The molecule has 0 aliphatic heterocycles. The van der Waals surface area contributed by atoms with E-state index in [0.29, 0.717) is 0 Å². The fourth-order valence-electron chi connectivity index (χ4n) is 1.37. The second kappa shape index (κ2) is 7.48. The van der Waals surface area contributed by atoms with Crippen molar-refractivity contribution < 1.29 is 0 Å². The maximum absolute atomic E-state index is 5.81. The van der Waals surface area contributed by atoms with Crippen LogP contribution in [0.1, 0.15) is 25.8 Å². The van der Waals surface area contributed by atoms with E-state index >= 15 is 0 Å². The number of hydrogen-bond acceptors (Lipinski definition) is 1. The number of benzene rings is 1. The number of halogens is 1. The summed E-state index contributed by atoms with van der Waals surface area (Å²) in [6.45, 7) is 6.57. The zero-order valence-corrected chi connectivity index (χ0v) is 10.8. The third-order valence-electron chi connectivity index (χ3n) is 2.22. The highest BCUT2D eigenvalue weighted by Gasteiger charge is 1.91. The van der Waals surface area contributed by atoms with Gasteiger partial charge < -0.3 is 5.32 Å². The average Bonchev–Trinajstić information content (AvgIpc) is 2.25. The number of nitrogens with one attached hydrogen (secondary N) is 1. The van der Waals surface area contributed by atoms with Crippen molar-refractivity contribution in [2.24, 2.45) is 5.92 Å². The lowest BCUT2D eigenvalue weighted by Gasteiger charge is -2.04. The lowest BCUT2D eigenvalue weighted by Crippen LogP contribution is -2.20. The minimum absolute atomic E-state index is 0.722. The van der Waals surface area contributed by atoms with Crippen LogP contribution in [0.15, 0.2) is 30.3 Å². The van der Waals surface area contributed by atoms with E-state index in [1.165, 1.54) is 5.56 Å². The van der Waals surface area contributed by atoms with E-state index < -0.39 is 0 Å². The summed E-state index contributed by atoms with van der Waals surface area (Å²) in [5.74, 6) is 0.722. The van der Waals surface area contributed by atoms with Crippen molar-refractivity contribution in [1.82, 2.24) is 5.32 Å². The lowest BCUT2D eigenvalue weighted by molar-refractivity contribution is 0.557. The van der Waals surface area contributed by atoms with Crippen LogP contribution in [0.3, 0.4) is 0 Å². The van der Waals surface area contributed by atoms with Crippen LogP contribution in [0.2, 0.25) is 5.02 Å². The highest BCUT2D eigenvalue weighted by Crippen LogP contribution is 2.10. The van der Waals surface area contributed by atoms with Gasteiger partial charge in [0.25, 0.3) is 0 Å². The van der Waals surface area contributed by atoms with Gasteiger partial charge >= 0.3 is 0 Å². The molecule has 0 saturated heterocycles. The number of hydrogen-bond donors (Lipinski definition) is 1. The molecule has 0 amide bonds. The SMILES string of the molecule is CC(C)CNCCC=Cc1ccc(Cl)cc1. The summed E-state index contributed by atoms with van der Waals surface area (Å²) in [5, 5.41) is 4.20. The van der Waals surface area contributed by atoms with Gasteiger partial charge in [-0.2, -0.15) is 0 Å². The first-order valence-corrected chi connectivity index (χ1v) is 6.19. The van der Waals surface area contributed by atoms with Crippen molar-refractivity contribution >= 4 is 17.7 Å². The first kappa shape index (κ1) is 13.3. The molecule has 0 bridgehead atoms. The van der Waals surface area contributed by atoms with E-state index in [2.05, 4.69) is 31.3 Å². The molecule has 0 fully saturated rings. The Kier molecular flexibility index (Phi) is 6.20. The molecule has 1 N–H and O–H groups in total. The van der Waals surface area contributed by atoms with E-state index in [1.54, 1.807) is 0 Å². The monoisotopic (exact) mass is 237 g/mol. The van der Waals surface area contributed by atoms with Crippen LogP contribution in [0, 0.1) is 5.92 Å². The minimum atomic E-state index is 0.722. The molecule has 1 nitrogen and oxygen atoms in total. The molecular formula is C14H20ClN. The molecular weight excluding hydrogens is 218 g/mol. The van der Waals surface area contributed by atoms with Crippen molar-refractivity contribution in [2.45, 2.75) is 20.3 Å². The molecule has 0 unspecified atom stereocenters. The van der Waals surface area contributed by atoms with Crippen LogP contribution >= 0.6 is 11.6 Å². The molecule has 1 aromatic rings. The highest BCUT2D eigenvalue weighted by atomic mass is 35.5. The van der Waals surface area contributed by atoms with E-state index in [1.807, 2.05) is 24.3 Å². The Bertz CT molecular complexity index is 314. The molecule has 0 aromatic heterocycles. The van der Waals surface area contributed by atoms with Crippen LogP contribution in [0.5, 0.6) is 0 Å². The summed E-state index contributed by atoms with van der Waals surface area (Å²) in [6, 6.07) is 7.89. The molecule has 0 saturated carbocycles. The summed E-state index contributed by atoms with van der Waals surface area (Å²) in [5.41, 5.74) is 1.20. The van der Waals surface area contributed by atoms with Crippen LogP contribution in [-0.2, 0) is 0 Å². The van der Waals surface area contributed by atoms with Gasteiger partial charge in [0.05, 0.1) is 0 Å². The Balaban J connectivity index is 2.19. The number of rotatable bonds is 6.